The molecule has 0 saturated heterocycles. The Bertz CT molecular complexity index is 1150. The number of benzene rings is 1. The lowest BCUT2D eigenvalue weighted by atomic mass is 10.0. The first-order valence-corrected chi connectivity index (χ1v) is 10.8. The fourth-order valence-corrected chi connectivity index (χ4v) is 5.83. The average molecular weight is 444 g/mol. The summed E-state index contributed by atoms with van der Waals surface area (Å²) in [6, 6.07) is 5.93. The zero-order valence-corrected chi connectivity index (χ0v) is 17.3. The zero-order chi connectivity index (χ0) is 18.7. The highest BCUT2D eigenvalue weighted by molar-refractivity contribution is 9.10. The van der Waals surface area contributed by atoms with Crippen LogP contribution in [0, 0.1) is 0 Å². The number of nitrogens with zero attached hydrogens (tertiary/aromatic N) is 3. The van der Waals surface area contributed by atoms with Crippen molar-refractivity contribution in [3.63, 3.8) is 0 Å². The van der Waals surface area contributed by atoms with Crippen LogP contribution in [0.1, 0.15) is 46.3 Å². The van der Waals surface area contributed by atoms with E-state index in [4.69, 9.17) is 0 Å². The third-order valence-electron chi connectivity index (χ3n) is 5.51. The van der Waals surface area contributed by atoms with Crippen LogP contribution >= 0.6 is 27.3 Å². The maximum absolute atomic E-state index is 13.3. The summed E-state index contributed by atoms with van der Waals surface area (Å²) in [4.78, 5) is 34.7. The van der Waals surface area contributed by atoms with E-state index in [0.717, 1.165) is 53.5 Å². The number of rotatable bonds is 1. The number of hydrogen-bond acceptors (Lipinski definition) is 4. The van der Waals surface area contributed by atoms with Crippen LogP contribution < -0.4 is 10.5 Å². The smallest absolute Gasteiger partial charge is 0.271 e. The molecule has 5 rings (SSSR count). The van der Waals surface area contributed by atoms with Gasteiger partial charge in [-0.05, 0) is 62.8 Å². The molecule has 1 amide bonds. The fraction of sp³-hybridized carbons (Fsp3) is 0.350. The van der Waals surface area contributed by atoms with Gasteiger partial charge >= 0.3 is 0 Å². The quantitative estimate of drug-likeness (QED) is 0.571. The van der Waals surface area contributed by atoms with E-state index >= 15 is 0 Å². The van der Waals surface area contributed by atoms with E-state index in [1.54, 1.807) is 20.6 Å². The van der Waals surface area contributed by atoms with E-state index in [2.05, 4.69) is 20.9 Å². The average Bonchev–Trinajstić information content (AvgIpc) is 3.18. The Morgan fingerprint density at radius 3 is 2.96 bits per heavy atom. The molecule has 3 aromatic rings. The molecule has 138 valence electrons. The van der Waals surface area contributed by atoms with E-state index < -0.39 is 0 Å². The highest BCUT2D eigenvalue weighted by Crippen LogP contribution is 2.35. The van der Waals surface area contributed by atoms with Crippen LogP contribution in [0.25, 0.3) is 4.96 Å². The first-order chi connectivity index (χ1) is 13.0. The van der Waals surface area contributed by atoms with Crippen molar-refractivity contribution in [3.05, 3.63) is 60.9 Å². The molecule has 0 unspecified atom stereocenters. The Morgan fingerprint density at radius 1 is 1.30 bits per heavy atom. The summed E-state index contributed by atoms with van der Waals surface area (Å²) in [6.45, 7) is 2.02. The van der Waals surface area contributed by atoms with E-state index in [1.165, 1.54) is 11.1 Å². The number of hydrogen-bond donors (Lipinski definition) is 0. The molecule has 0 N–H and O–H groups in total. The molecule has 3 heterocycles. The van der Waals surface area contributed by atoms with Gasteiger partial charge in [0.1, 0.15) is 5.56 Å². The molecule has 1 aliphatic heterocycles. The maximum Gasteiger partial charge on any atom is 0.271 e. The van der Waals surface area contributed by atoms with Crippen LogP contribution in [0.2, 0.25) is 0 Å². The van der Waals surface area contributed by atoms with Gasteiger partial charge in [-0.25, -0.2) is 4.98 Å². The highest BCUT2D eigenvalue weighted by atomic mass is 79.9. The number of amides is 1. The SMILES string of the molecule is C[C@H]1Cc2cc(Br)ccc2N1C(=O)c1cnc2sc3c(n2c1=O)CCCC3. The summed E-state index contributed by atoms with van der Waals surface area (Å²) in [5.74, 6) is -0.258. The molecule has 0 fully saturated rings. The molecule has 1 aromatic carbocycles. The predicted octanol–water partition coefficient (Wildman–Crippen LogP) is 3.99. The Kier molecular flexibility index (Phi) is 3.98. The van der Waals surface area contributed by atoms with Crippen LogP contribution in [0.5, 0.6) is 0 Å². The lowest BCUT2D eigenvalue weighted by molar-refractivity contribution is 0.0979. The number of carbonyl (C=O) groups is 1. The molecule has 5 nitrogen and oxygen atoms in total. The van der Waals surface area contributed by atoms with Crippen LogP contribution in [0.3, 0.4) is 0 Å². The number of fused-ring (bicyclic) bond motifs is 4. The summed E-state index contributed by atoms with van der Waals surface area (Å²) in [5, 5.41) is 0. The second kappa shape index (κ2) is 6.27. The molecular formula is C20H18BrN3O2S. The number of aromatic nitrogens is 2. The third-order valence-corrected chi connectivity index (χ3v) is 7.16. The van der Waals surface area contributed by atoms with Crippen LogP contribution in [-0.4, -0.2) is 21.3 Å². The van der Waals surface area contributed by atoms with Crippen LogP contribution in [0.15, 0.2) is 33.7 Å². The summed E-state index contributed by atoms with van der Waals surface area (Å²) in [5.41, 5.74) is 2.97. The monoisotopic (exact) mass is 443 g/mol. The van der Waals surface area contributed by atoms with Crippen molar-refractivity contribution in [3.8, 4) is 0 Å². The van der Waals surface area contributed by atoms with Crippen molar-refractivity contribution in [2.45, 2.75) is 45.1 Å². The first-order valence-electron chi connectivity index (χ1n) is 9.19. The maximum atomic E-state index is 13.3. The fourth-order valence-electron chi connectivity index (χ4n) is 4.25. The van der Waals surface area contributed by atoms with Crippen LogP contribution in [0.4, 0.5) is 5.69 Å². The first kappa shape index (κ1) is 17.1. The molecule has 0 radical (unpaired) electrons. The molecule has 27 heavy (non-hydrogen) atoms. The van der Waals surface area contributed by atoms with Crippen LogP contribution in [-0.2, 0) is 19.3 Å². The molecule has 0 bridgehead atoms. The molecule has 7 heteroatoms. The molecule has 1 aliphatic carbocycles. The molecule has 2 aliphatic rings. The minimum atomic E-state index is -0.258. The Hall–Kier alpha value is -1.99. The second-order valence-electron chi connectivity index (χ2n) is 7.28. The molecular weight excluding hydrogens is 426 g/mol. The van der Waals surface area contributed by atoms with Gasteiger partial charge in [-0.2, -0.15) is 0 Å². The zero-order valence-electron chi connectivity index (χ0n) is 14.9. The predicted molar refractivity (Wildman–Crippen MR) is 110 cm³/mol. The standard InChI is InChI=1S/C20H18BrN3O2S/c1-11-8-12-9-13(21)6-7-15(12)23(11)18(25)14-10-22-20-24(19(14)26)16-4-2-3-5-17(16)27-20/h6-7,9-11H,2-5,8H2,1H3/t11-/m0/s1. The molecule has 0 saturated carbocycles. The van der Waals surface area contributed by atoms with Crippen molar-refractivity contribution < 1.29 is 4.79 Å². The minimum Gasteiger partial charge on any atom is -0.305 e. The third kappa shape index (κ3) is 2.59. The number of carbonyl (C=O) groups excluding carboxylic acids is 1. The van der Waals surface area contributed by atoms with Crippen molar-refractivity contribution in [1.82, 2.24) is 9.38 Å². The number of thiazole rings is 1. The molecule has 2 aromatic heterocycles. The summed E-state index contributed by atoms with van der Waals surface area (Å²) >= 11 is 5.07. The number of halogens is 1. The van der Waals surface area contributed by atoms with Gasteiger partial charge in [0.15, 0.2) is 4.96 Å². The number of aryl methyl sites for hydroxylation is 2. The molecule has 1 atom stereocenters. The van der Waals surface area contributed by atoms with Crippen molar-refractivity contribution >= 4 is 43.8 Å². The summed E-state index contributed by atoms with van der Waals surface area (Å²) < 4.78 is 2.67. The van der Waals surface area contributed by atoms with E-state index in [9.17, 15) is 9.59 Å². The van der Waals surface area contributed by atoms with Crippen molar-refractivity contribution in [1.29, 1.82) is 0 Å². The van der Waals surface area contributed by atoms with Gasteiger partial charge in [0.05, 0.1) is 0 Å². The summed E-state index contributed by atoms with van der Waals surface area (Å²) in [7, 11) is 0. The number of anilines is 1. The van der Waals surface area contributed by atoms with Gasteiger partial charge < -0.3 is 4.90 Å². The normalized spacial score (nSPS) is 18.6. The van der Waals surface area contributed by atoms with Gasteiger partial charge in [0.25, 0.3) is 11.5 Å². The Balaban J connectivity index is 1.63. The highest BCUT2D eigenvalue weighted by Gasteiger charge is 2.33. The van der Waals surface area contributed by atoms with Gasteiger partial charge in [-0.1, -0.05) is 15.9 Å². The van der Waals surface area contributed by atoms with E-state index in [-0.39, 0.29) is 23.1 Å². The lowest BCUT2D eigenvalue weighted by Gasteiger charge is -2.22. The Labute approximate surface area is 168 Å². The molecule has 0 spiro atoms. The second-order valence-corrected chi connectivity index (χ2v) is 9.25. The minimum absolute atomic E-state index is 0.0123. The van der Waals surface area contributed by atoms with Gasteiger partial charge in [-0.3, -0.25) is 14.0 Å². The largest absolute Gasteiger partial charge is 0.305 e. The topological polar surface area (TPSA) is 54.7 Å². The van der Waals surface area contributed by atoms with E-state index in [1.807, 2.05) is 25.1 Å². The van der Waals surface area contributed by atoms with Gasteiger partial charge in [0.2, 0.25) is 0 Å². The Morgan fingerprint density at radius 2 is 2.11 bits per heavy atom. The van der Waals surface area contributed by atoms with E-state index in [0.29, 0.717) is 4.96 Å². The lowest BCUT2D eigenvalue weighted by Crippen LogP contribution is -2.39. The van der Waals surface area contributed by atoms with Gasteiger partial charge in [0, 0.05) is 33.0 Å². The summed E-state index contributed by atoms with van der Waals surface area (Å²) in [6.07, 6.45) is 6.35. The van der Waals surface area contributed by atoms with Gasteiger partial charge in [-0.15, -0.1) is 11.3 Å². The van der Waals surface area contributed by atoms with Crippen molar-refractivity contribution in [2.75, 3.05) is 4.90 Å². The van der Waals surface area contributed by atoms with Crippen molar-refractivity contribution in [2.24, 2.45) is 0 Å².